The van der Waals surface area contributed by atoms with E-state index in [1.807, 2.05) is 6.92 Å². The van der Waals surface area contributed by atoms with Crippen LogP contribution in [0.1, 0.15) is 45.1 Å². The van der Waals surface area contributed by atoms with Gasteiger partial charge in [0.2, 0.25) is 17.7 Å². The highest BCUT2D eigenvalue weighted by Gasteiger charge is 2.72. The van der Waals surface area contributed by atoms with Gasteiger partial charge in [-0.2, -0.15) is 0 Å². The Hall–Kier alpha value is -3.72. The van der Waals surface area contributed by atoms with Crippen molar-refractivity contribution >= 4 is 23.4 Å². The SMILES string of the molecule is CCOc1ccc(NC(=O)C2C3C=CC4(O3)C2C(=O)N(Cc2ccc(F)cc2)C4C(=O)NC2CCCCC2C)cc1. The van der Waals surface area contributed by atoms with Crippen molar-refractivity contribution in [3.8, 4) is 5.75 Å². The van der Waals surface area contributed by atoms with Gasteiger partial charge in [-0.1, -0.05) is 44.1 Å². The third kappa shape index (κ3) is 4.90. The van der Waals surface area contributed by atoms with Gasteiger partial charge in [0, 0.05) is 18.3 Å². The minimum Gasteiger partial charge on any atom is -0.494 e. The van der Waals surface area contributed by atoms with Crippen LogP contribution < -0.4 is 15.4 Å². The van der Waals surface area contributed by atoms with Crippen LogP contribution in [-0.4, -0.2) is 53.0 Å². The zero-order chi connectivity index (χ0) is 28.7. The smallest absolute Gasteiger partial charge is 0.246 e. The number of benzene rings is 2. The molecule has 2 saturated heterocycles. The largest absolute Gasteiger partial charge is 0.494 e. The Morgan fingerprint density at radius 3 is 2.51 bits per heavy atom. The van der Waals surface area contributed by atoms with Gasteiger partial charge in [0.25, 0.3) is 0 Å². The summed E-state index contributed by atoms with van der Waals surface area (Å²) >= 11 is 0. The summed E-state index contributed by atoms with van der Waals surface area (Å²) in [5, 5.41) is 6.16. The van der Waals surface area contributed by atoms with Crippen LogP contribution in [0.15, 0.2) is 60.7 Å². The van der Waals surface area contributed by atoms with E-state index >= 15 is 0 Å². The highest BCUT2D eigenvalue weighted by atomic mass is 19.1. The molecule has 8 nitrogen and oxygen atoms in total. The van der Waals surface area contributed by atoms with E-state index in [2.05, 4.69) is 17.6 Å². The van der Waals surface area contributed by atoms with E-state index in [1.165, 1.54) is 17.0 Å². The van der Waals surface area contributed by atoms with Crippen molar-refractivity contribution in [2.45, 2.75) is 69.9 Å². The maximum absolute atomic E-state index is 14.2. The van der Waals surface area contributed by atoms with Crippen molar-refractivity contribution in [2.75, 3.05) is 11.9 Å². The predicted molar refractivity (Wildman–Crippen MR) is 150 cm³/mol. The molecule has 1 saturated carbocycles. The number of rotatable bonds is 8. The molecule has 0 radical (unpaired) electrons. The summed E-state index contributed by atoms with van der Waals surface area (Å²) in [5.74, 6) is -1.96. The van der Waals surface area contributed by atoms with Crippen molar-refractivity contribution in [2.24, 2.45) is 17.8 Å². The zero-order valence-electron chi connectivity index (χ0n) is 23.3. The Bertz CT molecular complexity index is 1350. The van der Waals surface area contributed by atoms with Crippen molar-refractivity contribution in [3.05, 3.63) is 72.1 Å². The number of amides is 3. The Morgan fingerprint density at radius 2 is 1.80 bits per heavy atom. The minimum absolute atomic E-state index is 0.0100. The molecule has 2 N–H and O–H groups in total. The fraction of sp³-hybridized carbons (Fsp3) is 0.469. The van der Waals surface area contributed by atoms with Crippen LogP contribution in [-0.2, 0) is 25.7 Å². The van der Waals surface area contributed by atoms with Gasteiger partial charge >= 0.3 is 0 Å². The lowest BCUT2D eigenvalue weighted by atomic mass is 9.74. The number of carbonyl (C=O) groups is 3. The average Bonchev–Trinajstić information content (AvgIpc) is 3.60. The number of ether oxygens (including phenoxy) is 2. The number of anilines is 1. The number of hydrogen-bond donors (Lipinski definition) is 2. The molecular weight excluding hydrogens is 525 g/mol. The fourth-order valence-electron chi connectivity index (χ4n) is 7.04. The van der Waals surface area contributed by atoms with Crippen molar-refractivity contribution in [3.63, 3.8) is 0 Å². The number of likely N-dealkylation sites (tertiary alicyclic amines) is 1. The van der Waals surface area contributed by atoms with Crippen LogP contribution in [0, 0.1) is 23.6 Å². The number of fused-ring (bicyclic) bond motifs is 1. The molecule has 3 heterocycles. The van der Waals surface area contributed by atoms with Crippen LogP contribution in [0.4, 0.5) is 10.1 Å². The summed E-state index contributed by atoms with van der Waals surface area (Å²) in [6, 6.07) is 12.0. The number of nitrogens with zero attached hydrogens (tertiary/aromatic N) is 1. The van der Waals surface area contributed by atoms with E-state index in [-0.39, 0.29) is 36.1 Å². The highest BCUT2D eigenvalue weighted by molar-refractivity contribution is 6.02. The second kappa shape index (κ2) is 10.9. The summed E-state index contributed by atoms with van der Waals surface area (Å²) in [6.45, 7) is 4.67. The number of hydrogen-bond acceptors (Lipinski definition) is 5. The van der Waals surface area contributed by atoms with Crippen LogP contribution in [0.5, 0.6) is 5.75 Å². The number of nitrogens with one attached hydrogen (secondary N) is 2. The Balaban J connectivity index is 1.29. The van der Waals surface area contributed by atoms with Crippen LogP contribution in [0.25, 0.3) is 0 Å². The summed E-state index contributed by atoms with van der Waals surface area (Å²) < 4.78 is 25.6. The lowest BCUT2D eigenvalue weighted by molar-refractivity contribution is -0.142. The molecule has 2 aromatic carbocycles. The van der Waals surface area contributed by atoms with E-state index in [1.54, 1.807) is 48.6 Å². The first-order valence-electron chi connectivity index (χ1n) is 14.6. The average molecular weight is 562 g/mol. The second-order valence-corrected chi connectivity index (χ2v) is 11.6. The predicted octanol–water partition coefficient (Wildman–Crippen LogP) is 4.21. The maximum Gasteiger partial charge on any atom is 0.246 e. The fourth-order valence-corrected chi connectivity index (χ4v) is 7.04. The van der Waals surface area contributed by atoms with E-state index < -0.39 is 29.6 Å². The Labute approximate surface area is 239 Å². The molecule has 3 fully saturated rings. The van der Waals surface area contributed by atoms with E-state index in [0.717, 1.165) is 25.7 Å². The van der Waals surface area contributed by atoms with Gasteiger partial charge in [0.1, 0.15) is 23.2 Å². The van der Waals surface area contributed by atoms with Crippen molar-refractivity contribution in [1.29, 1.82) is 0 Å². The lowest BCUT2D eigenvalue weighted by Gasteiger charge is -2.36. The molecule has 4 aliphatic rings. The van der Waals surface area contributed by atoms with Gasteiger partial charge in [0.15, 0.2) is 0 Å². The van der Waals surface area contributed by atoms with Gasteiger partial charge in [-0.3, -0.25) is 14.4 Å². The quantitative estimate of drug-likeness (QED) is 0.471. The van der Waals surface area contributed by atoms with Crippen LogP contribution in [0.2, 0.25) is 0 Å². The number of carbonyl (C=O) groups excluding carboxylic acids is 3. The molecule has 6 rings (SSSR count). The minimum atomic E-state index is -1.26. The normalized spacial score (nSPS) is 31.7. The maximum atomic E-state index is 14.2. The molecular formula is C32H36FN3O5. The summed E-state index contributed by atoms with van der Waals surface area (Å²) in [5.41, 5.74) is 0.00671. The van der Waals surface area contributed by atoms with Gasteiger partial charge in [-0.05, 0) is 67.6 Å². The van der Waals surface area contributed by atoms with Gasteiger partial charge in [0.05, 0.1) is 24.5 Å². The van der Waals surface area contributed by atoms with Gasteiger partial charge in [-0.25, -0.2) is 4.39 Å². The standard InChI is InChI=1S/C32H36FN3O5/c1-3-40-23-14-12-22(13-15-23)34-29(37)26-25-16-17-32(41-25)27(26)31(39)36(18-20-8-10-21(33)11-9-20)28(32)30(38)35-24-7-5-4-6-19(24)2/h8-17,19,24-28H,3-7,18H2,1-2H3,(H,34,37)(H,35,38). The molecule has 216 valence electrons. The Kier molecular flexibility index (Phi) is 7.32. The van der Waals surface area contributed by atoms with Crippen molar-refractivity contribution < 1.29 is 28.2 Å². The Morgan fingerprint density at radius 1 is 1.07 bits per heavy atom. The third-order valence-electron chi connectivity index (χ3n) is 9.06. The molecule has 1 spiro atoms. The number of halogens is 1. The molecule has 0 aromatic heterocycles. The molecule has 2 bridgehead atoms. The molecule has 3 aliphatic heterocycles. The molecule has 2 aromatic rings. The second-order valence-electron chi connectivity index (χ2n) is 11.6. The topological polar surface area (TPSA) is 97.0 Å². The molecule has 41 heavy (non-hydrogen) atoms. The first-order valence-corrected chi connectivity index (χ1v) is 14.6. The molecule has 7 atom stereocenters. The highest BCUT2D eigenvalue weighted by Crippen LogP contribution is 2.55. The zero-order valence-corrected chi connectivity index (χ0v) is 23.3. The first-order chi connectivity index (χ1) is 19.8. The molecule has 3 amide bonds. The third-order valence-corrected chi connectivity index (χ3v) is 9.06. The lowest BCUT2D eigenvalue weighted by Crippen LogP contribution is -2.57. The van der Waals surface area contributed by atoms with E-state index in [0.29, 0.717) is 29.5 Å². The van der Waals surface area contributed by atoms with E-state index in [4.69, 9.17) is 9.47 Å². The molecule has 1 aliphatic carbocycles. The monoisotopic (exact) mass is 561 g/mol. The van der Waals surface area contributed by atoms with Gasteiger partial charge < -0.3 is 25.0 Å². The van der Waals surface area contributed by atoms with Crippen molar-refractivity contribution in [1.82, 2.24) is 10.2 Å². The summed E-state index contributed by atoms with van der Waals surface area (Å²) in [4.78, 5) is 43.4. The van der Waals surface area contributed by atoms with Crippen LogP contribution in [0.3, 0.4) is 0 Å². The molecule has 7 unspecified atom stereocenters. The van der Waals surface area contributed by atoms with Crippen LogP contribution >= 0.6 is 0 Å². The summed E-state index contributed by atoms with van der Waals surface area (Å²) in [7, 11) is 0. The van der Waals surface area contributed by atoms with Gasteiger partial charge in [-0.15, -0.1) is 0 Å². The van der Waals surface area contributed by atoms with E-state index in [9.17, 15) is 18.8 Å². The first kappa shape index (κ1) is 27.4. The molecule has 9 heteroatoms. The summed E-state index contributed by atoms with van der Waals surface area (Å²) in [6.07, 6.45) is 7.08.